The molecule has 112 valence electrons. The summed E-state index contributed by atoms with van der Waals surface area (Å²) in [4.78, 5) is 11.1. The number of carbonyl (C=O) groups excluding carboxylic acids is 1. The first-order valence-corrected chi connectivity index (χ1v) is 6.62. The van der Waals surface area contributed by atoms with Crippen LogP contribution in [0.15, 0.2) is 12.1 Å². The molecule has 0 aromatic heterocycles. The molecule has 0 unspecified atom stereocenters. The Hall–Kier alpha value is -1.82. The Bertz CT molecular complexity index is 464. The highest BCUT2D eigenvalue weighted by atomic mass is 19.1. The number of anilines is 2. The molecule has 0 heterocycles. The van der Waals surface area contributed by atoms with Gasteiger partial charge in [-0.25, -0.2) is 4.39 Å². The zero-order valence-electron chi connectivity index (χ0n) is 11.9. The summed E-state index contributed by atoms with van der Waals surface area (Å²) in [5, 5.41) is 2.91. The lowest BCUT2D eigenvalue weighted by molar-refractivity contribution is 0.100. The van der Waals surface area contributed by atoms with E-state index >= 15 is 0 Å². The smallest absolute Gasteiger partial charge is 0.250 e. The standard InChI is InChI=1S/C14H22FN3O2/c1-9(2)8-20-5-3-4-18-13-6-10(14(17)19)12(16)7-11(13)15/h6-7,9,18H,3-5,8,16H2,1-2H3,(H2,17,19). The number of rotatable bonds is 8. The number of amides is 1. The van der Waals surface area contributed by atoms with Gasteiger partial charge in [-0.1, -0.05) is 13.8 Å². The number of ether oxygens (including phenoxy) is 1. The molecule has 1 rings (SSSR count). The molecule has 0 radical (unpaired) electrons. The van der Waals surface area contributed by atoms with Crippen LogP contribution in [-0.2, 0) is 4.74 Å². The van der Waals surface area contributed by atoms with Gasteiger partial charge in [0.15, 0.2) is 0 Å². The second-order valence-corrected chi connectivity index (χ2v) is 5.03. The molecule has 0 aliphatic heterocycles. The number of nitrogens with two attached hydrogens (primary N) is 2. The van der Waals surface area contributed by atoms with Crippen LogP contribution in [0.4, 0.5) is 15.8 Å². The van der Waals surface area contributed by atoms with Gasteiger partial charge in [0.05, 0.1) is 11.3 Å². The van der Waals surface area contributed by atoms with Crippen LogP contribution in [-0.4, -0.2) is 25.7 Å². The molecule has 20 heavy (non-hydrogen) atoms. The number of hydrogen-bond acceptors (Lipinski definition) is 4. The Labute approximate surface area is 118 Å². The fourth-order valence-corrected chi connectivity index (χ4v) is 1.65. The lowest BCUT2D eigenvalue weighted by Gasteiger charge is -2.11. The summed E-state index contributed by atoms with van der Waals surface area (Å²) in [7, 11) is 0. The minimum atomic E-state index is -0.675. The summed E-state index contributed by atoms with van der Waals surface area (Å²) in [6.07, 6.45) is 0.739. The largest absolute Gasteiger partial charge is 0.398 e. The highest BCUT2D eigenvalue weighted by molar-refractivity contribution is 5.99. The summed E-state index contributed by atoms with van der Waals surface area (Å²) in [5.74, 6) is -0.683. The molecule has 0 spiro atoms. The predicted octanol–water partition coefficient (Wildman–Crippen LogP) is 1.98. The van der Waals surface area contributed by atoms with Crippen molar-refractivity contribution in [2.75, 3.05) is 30.8 Å². The van der Waals surface area contributed by atoms with E-state index in [-0.39, 0.29) is 16.9 Å². The molecule has 5 nitrogen and oxygen atoms in total. The summed E-state index contributed by atoms with van der Waals surface area (Å²) in [6.45, 7) is 6.00. The summed E-state index contributed by atoms with van der Waals surface area (Å²) in [6, 6.07) is 2.43. The Kier molecular flexibility index (Phi) is 6.24. The summed E-state index contributed by atoms with van der Waals surface area (Å²) >= 11 is 0. The van der Waals surface area contributed by atoms with Crippen LogP contribution >= 0.6 is 0 Å². The fourth-order valence-electron chi connectivity index (χ4n) is 1.65. The molecular weight excluding hydrogens is 261 g/mol. The van der Waals surface area contributed by atoms with Crippen LogP contribution < -0.4 is 16.8 Å². The number of nitrogens with one attached hydrogen (secondary N) is 1. The van der Waals surface area contributed by atoms with Gasteiger partial charge in [0.25, 0.3) is 5.91 Å². The van der Waals surface area contributed by atoms with Gasteiger partial charge in [0, 0.05) is 25.4 Å². The van der Waals surface area contributed by atoms with Crippen LogP contribution in [0.1, 0.15) is 30.6 Å². The summed E-state index contributed by atoms with van der Waals surface area (Å²) in [5.41, 5.74) is 11.1. The topological polar surface area (TPSA) is 90.4 Å². The average Bonchev–Trinajstić information content (AvgIpc) is 2.34. The van der Waals surface area contributed by atoms with E-state index in [1.807, 2.05) is 0 Å². The maximum absolute atomic E-state index is 13.6. The zero-order valence-corrected chi connectivity index (χ0v) is 11.9. The van der Waals surface area contributed by atoms with E-state index in [9.17, 15) is 9.18 Å². The van der Waals surface area contributed by atoms with E-state index in [1.165, 1.54) is 6.07 Å². The minimum absolute atomic E-state index is 0.0424. The first kappa shape index (κ1) is 16.2. The fraction of sp³-hybridized carbons (Fsp3) is 0.500. The monoisotopic (exact) mass is 283 g/mol. The second-order valence-electron chi connectivity index (χ2n) is 5.03. The normalized spacial score (nSPS) is 10.8. The SMILES string of the molecule is CC(C)COCCCNc1cc(C(N)=O)c(N)cc1F. The lowest BCUT2D eigenvalue weighted by atomic mass is 10.1. The number of primary amides is 1. The molecule has 0 fully saturated rings. The molecule has 0 aliphatic carbocycles. The van der Waals surface area contributed by atoms with Crippen molar-refractivity contribution in [1.82, 2.24) is 0 Å². The number of carbonyl (C=O) groups is 1. The molecule has 0 aliphatic rings. The van der Waals surface area contributed by atoms with E-state index in [0.29, 0.717) is 25.7 Å². The van der Waals surface area contributed by atoms with Crippen molar-refractivity contribution >= 4 is 17.3 Å². The average molecular weight is 283 g/mol. The summed E-state index contributed by atoms with van der Waals surface area (Å²) < 4.78 is 19.1. The second kappa shape index (κ2) is 7.69. The molecular formula is C14H22FN3O2. The van der Waals surface area contributed by atoms with Crippen molar-refractivity contribution in [1.29, 1.82) is 0 Å². The maximum Gasteiger partial charge on any atom is 0.250 e. The van der Waals surface area contributed by atoms with Crippen LogP contribution in [0.25, 0.3) is 0 Å². The number of nitrogen functional groups attached to an aromatic ring is 1. The van der Waals surface area contributed by atoms with Gasteiger partial charge < -0.3 is 21.5 Å². The Morgan fingerprint density at radius 2 is 2.15 bits per heavy atom. The van der Waals surface area contributed by atoms with Crippen LogP contribution in [0.2, 0.25) is 0 Å². The first-order chi connectivity index (χ1) is 9.41. The van der Waals surface area contributed by atoms with E-state index < -0.39 is 11.7 Å². The Morgan fingerprint density at radius 3 is 2.75 bits per heavy atom. The lowest BCUT2D eigenvalue weighted by Crippen LogP contribution is -2.15. The first-order valence-electron chi connectivity index (χ1n) is 6.62. The van der Waals surface area contributed by atoms with Gasteiger partial charge in [0.2, 0.25) is 0 Å². The van der Waals surface area contributed by atoms with Crippen molar-refractivity contribution in [2.45, 2.75) is 20.3 Å². The minimum Gasteiger partial charge on any atom is -0.398 e. The Balaban J connectivity index is 2.47. The van der Waals surface area contributed by atoms with Crippen molar-refractivity contribution in [3.8, 4) is 0 Å². The predicted molar refractivity (Wildman–Crippen MR) is 78.1 cm³/mol. The third kappa shape index (κ3) is 5.05. The number of hydrogen-bond donors (Lipinski definition) is 3. The Morgan fingerprint density at radius 1 is 1.45 bits per heavy atom. The third-order valence-electron chi connectivity index (χ3n) is 2.64. The molecule has 5 N–H and O–H groups in total. The quantitative estimate of drug-likeness (QED) is 0.502. The van der Waals surface area contributed by atoms with Gasteiger partial charge >= 0.3 is 0 Å². The zero-order chi connectivity index (χ0) is 15.1. The molecule has 1 aromatic rings. The van der Waals surface area contributed by atoms with Gasteiger partial charge in [-0.05, 0) is 24.5 Å². The highest BCUT2D eigenvalue weighted by Crippen LogP contribution is 2.21. The van der Waals surface area contributed by atoms with Crippen molar-refractivity contribution in [2.24, 2.45) is 11.7 Å². The number of halogens is 1. The molecule has 0 saturated heterocycles. The van der Waals surface area contributed by atoms with Crippen molar-refractivity contribution in [3.05, 3.63) is 23.5 Å². The van der Waals surface area contributed by atoms with Crippen LogP contribution in [0.5, 0.6) is 0 Å². The van der Waals surface area contributed by atoms with Gasteiger partial charge in [-0.15, -0.1) is 0 Å². The maximum atomic E-state index is 13.6. The third-order valence-corrected chi connectivity index (χ3v) is 2.64. The van der Waals surface area contributed by atoms with E-state index in [0.717, 1.165) is 12.5 Å². The van der Waals surface area contributed by atoms with Crippen LogP contribution in [0, 0.1) is 11.7 Å². The van der Waals surface area contributed by atoms with Gasteiger partial charge in [-0.3, -0.25) is 4.79 Å². The van der Waals surface area contributed by atoms with Gasteiger partial charge in [0.1, 0.15) is 5.82 Å². The van der Waals surface area contributed by atoms with Gasteiger partial charge in [-0.2, -0.15) is 0 Å². The van der Waals surface area contributed by atoms with E-state index in [1.54, 1.807) is 0 Å². The molecule has 1 aromatic carbocycles. The van der Waals surface area contributed by atoms with E-state index in [4.69, 9.17) is 16.2 Å². The molecule has 0 bridgehead atoms. The van der Waals surface area contributed by atoms with E-state index in [2.05, 4.69) is 19.2 Å². The van der Waals surface area contributed by atoms with Crippen molar-refractivity contribution in [3.63, 3.8) is 0 Å². The highest BCUT2D eigenvalue weighted by Gasteiger charge is 2.11. The molecule has 6 heteroatoms. The van der Waals surface area contributed by atoms with Crippen LogP contribution in [0.3, 0.4) is 0 Å². The molecule has 0 atom stereocenters. The number of benzene rings is 1. The van der Waals surface area contributed by atoms with Crippen molar-refractivity contribution < 1.29 is 13.9 Å². The molecule has 1 amide bonds. The molecule has 0 saturated carbocycles.